The van der Waals surface area contributed by atoms with Gasteiger partial charge in [-0.1, -0.05) is 24.3 Å². The molecule has 0 fully saturated rings. The number of hydrogen-bond acceptors (Lipinski definition) is 8. The van der Waals surface area contributed by atoms with E-state index in [0.29, 0.717) is 29.6 Å². The lowest BCUT2D eigenvalue weighted by Gasteiger charge is -2.06. The molecule has 0 bridgehead atoms. The zero-order valence-corrected chi connectivity index (χ0v) is 17.3. The second-order valence-corrected chi connectivity index (χ2v) is 7.17. The van der Waals surface area contributed by atoms with Crippen molar-refractivity contribution in [1.82, 2.24) is 4.98 Å². The SMILES string of the molecule is Cc1ccccc1OCc1ccc(-c2nc(C#N)c(NCc3ccc4c(c3)OCO4)o2)o1. The van der Waals surface area contributed by atoms with Gasteiger partial charge in [0.2, 0.25) is 18.4 Å². The highest BCUT2D eigenvalue weighted by molar-refractivity contribution is 5.55. The number of anilines is 1. The molecule has 1 aliphatic heterocycles. The van der Waals surface area contributed by atoms with Crippen LogP contribution in [0.1, 0.15) is 22.6 Å². The van der Waals surface area contributed by atoms with Crippen molar-refractivity contribution in [3.8, 4) is 35.0 Å². The second kappa shape index (κ2) is 8.40. The Balaban J connectivity index is 1.27. The topological polar surface area (TPSA) is 103 Å². The van der Waals surface area contributed by atoms with Gasteiger partial charge >= 0.3 is 0 Å². The van der Waals surface area contributed by atoms with Crippen molar-refractivity contribution in [1.29, 1.82) is 5.26 Å². The van der Waals surface area contributed by atoms with Crippen LogP contribution in [0.5, 0.6) is 17.2 Å². The smallest absolute Gasteiger partial charge is 0.266 e. The van der Waals surface area contributed by atoms with Gasteiger partial charge in [-0.3, -0.25) is 0 Å². The lowest BCUT2D eigenvalue weighted by molar-refractivity contribution is 0.174. The maximum Gasteiger partial charge on any atom is 0.266 e. The summed E-state index contributed by atoms with van der Waals surface area (Å²) in [6.45, 7) is 2.90. The third kappa shape index (κ3) is 3.96. The van der Waals surface area contributed by atoms with Crippen molar-refractivity contribution >= 4 is 5.88 Å². The van der Waals surface area contributed by atoms with E-state index < -0.39 is 0 Å². The van der Waals surface area contributed by atoms with Gasteiger partial charge in [0.1, 0.15) is 24.2 Å². The summed E-state index contributed by atoms with van der Waals surface area (Å²) in [6.07, 6.45) is 0. The van der Waals surface area contributed by atoms with E-state index in [-0.39, 0.29) is 30.9 Å². The molecule has 32 heavy (non-hydrogen) atoms. The molecule has 0 unspecified atom stereocenters. The average molecular weight is 429 g/mol. The number of oxazole rings is 1. The van der Waals surface area contributed by atoms with E-state index in [2.05, 4.69) is 10.3 Å². The fourth-order valence-electron chi connectivity index (χ4n) is 3.29. The van der Waals surface area contributed by atoms with Gasteiger partial charge in [0.15, 0.2) is 17.3 Å². The molecule has 1 N–H and O–H groups in total. The molecule has 0 amide bonds. The summed E-state index contributed by atoms with van der Waals surface area (Å²) in [6, 6.07) is 19.0. The third-order valence-corrected chi connectivity index (χ3v) is 4.96. The number of rotatable bonds is 7. The maximum atomic E-state index is 9.44. The van der Waals surface area contributed by atoms with Gasteiger partial charge in [0.25, 0.3) is 5.89 Å². The van der Waals surface area contributed by atoms with Crippen LogP contribution in [-0.4, -0.2) is 11.8 Å². The first kappa shape index (κ1) is 19.6. The van der Waals surface area contributed by atoms with Crippen LogP contribution in [0.25, 0.3) is 11.7 Å². The summed E-state index contributed by atoms with van der Waals surface area (Å²) in [5.74, 6) is 3.73. The number of ether oxygens (including phenoxy) is 3. The van der Waals surface area contributed by atoms with Crippen molar-refractivity contribution < 1.29 is 23.0 Å². The van der Waals surface area contributed by atoms with E-state index in [9.17, 15) is 5.26 Å². The van der Waals surface area contributed by atoms with Crippen molar-refractivity contribution in [3.05, 3.63) is 77.2 Å². The fourth-order valence-corrected chi connectivity index (χ4v) is 3.29. The standard InChI is InChI=1S/C24H19N3O5/c1-15-4-2-3-5-19(15)28-13-17-7-9-21(31-17)24-27-18(11-25)23(32-24)26-12-16-6-8-20-22(10-16)30-14-29-20/h2-10,26H,12-14H2,1H3. The number of furan rings is 1. The maximum absolute atomic E-state index is 9.44. The lowest BCUT2D eigenvalue weighted by Crippen LogP contribution is -1.99. The Morgan fingerprint density at radius 2 is 1.94 bits per heavy atom. The minimum absolute atomic E-state index is 0.148. The molecule has 0 spiro atoms. The average Bonchev–Trinajstić information content (AvgIpc) is 3.55. The predicted octanol–water partition coefficient (Wildman–Crippen LogP) is 5.03. The van der Waals surface area contributed by atoms with Gasteiger partial charge in [0.05, 0.1) is 0 Å². The first-order chi connectivity index (χ1) is 15.7. The van der Waals surface area contributed by atoms with E-state index in [1.54, 1.807) is 12.1 Å². The van der Waals surface area contributed by atoms with Crippen molar-refractivity contribution in [2.75, 3.05) is 12.1 Å². The van der Waals surface area contributed by atoms with Gasteiger partial charge in [-0.2, -0.15) is 10.2 Å². The number of hydrogen-bond donors (Lipinski definition) is 1. The molecule has 8 nitrogen and oxygen atoms in total. The molecular weight excluding hydrogens is 410 g/mol. The number of nitriles is 1. The van der Waals surface area contributed by atoms with E-state index in [4.69, 9.17) is 23.0 Å². The van der Waals surface area contributed by atoms with Crippen LogP contribution >= 0.6 is 0 Å². The Bertz CT molecular complexity index is 1300. The van der Waals surface area contributed by atoms with Crippen LogP contribution in [0.4, 0.5) is 5.88 Å². The number of nitrogens with zero attached hydrogens (tertiary/aromatic N) is 2. The molecular formula is C24H19N3O5. The Kier molecular flexibility index (Phi) is 5.14. The summed E-state index contributed by atoms with van der Waals surface area (Å²) in [5.41, 5.74) is 2.14. The molecule has 0 aliphatic carbocycles. The Morgan fingerprint density at radius 1 is 1.06 bits per heavy atom. The molecule has 0 saturated heterocycles. The summed E-state index contributed by atoms with van der Waals surface area (Å²) < 4.78 is 28.1. The van der Waals surface area contributed by atoms with Crippen molar-refractivity contribution in [2.45, 2.75) is 20.1 Å². The number of nitrogens with one attached hydrogen (secondary N) is 1. The Morgan fingerprint density at radius 3 is 2.81 bits per heavy atom. The highest BCUT2D eigenvalue weighted by atomic mass is 16.7. The van der Waals surface area contributed by atoms with Crippen LogP contribution in [-0.2, 0) is 13.2 Å². The number of fused-ring (bicyclic) bond motifs is 1. The van der Waals surface area contributed by atoms with Gasteiger partial charge in [-0.05, 0) is 48.4 Å². The molecule has 3 heterocycles. The highest BCUT2D eigenvalue weighted by Gasteiger charge is 2.18. The minimum atomic E-state index is 0.148. The van der Waals surface area contributed by atoms with Gasteiger partial charge < -0.3 is 28.4 Å². The zero-order valence-electron chi connectivity index (χ0n) is 17.3. The normalized spacial score (nSPS) is 11.9. The molecule has 8 heteroatoms. The van der Waals surface area contributed by atoms with E-state index in [0.717, 1.165) is 16.9 Å². The van der Waals surface area contributed by atoms with Gasteiger partial charge in [-0.15, -0.1) is 0 Å². The van der Waals surface area contributed by atoms with E-state index >= 15 is 0 Å². The van der Waals surface area contributed by atoms with E-state index in [1.807, 2.05) is 55.5 Å². The molecule has 5 rings (SSSR count). The van der Waals surface area contributed by atoms with Gasteiger partial charge in [0, 0.05) is 6.54 Å². The molecule has 4 aromatic rings. The fraction of sp³-hybridized carbons (Fsp3) is 0.167. The first-order valence-corrected chi connectivity index (χ1v) is 10.0. The Hall–Kier alpha value is -4.38. The number of benzene rings is 2. The van der Waals surface area contributed by atoms with Crippen LogP contribution in [0.2, 0.25) is 0 Å². The second-order valence-electron chi connectivity index (χ2n) is 7.17. The quantitative estimate of drug-likeness (QED) is 0.436. The molecule has 2 aromatic carbocycles. The third-order valence-electron chi connectivity index (χ3n) is 4.96. The van der Waals surface area contributed by atoms with Crippen molar-refractivity contribution in [2.24, 2.45) is 0 Å². The molecule has 160 valence electrons. The molecule has 0 radical (unpaired) electrons. The summed E-state index contributed by atoms with van der Waals surface area (Å²) in [7, 11) is 0. The highest BCUT2D eigenvalue weighted by Crippen LogP contribution is 2.33. The lowest BCUT2D eigenvalue weighted by atomic mass is 10.2. The van der Waals surface area contributed by atoms with E-state index in [1.165, 1.54) is 0 Å². The number of aryl methyl sites for hydroxylation is 1. The first-order valence-electron chi connectivity index (χ1n) is 10.0. The summed E-state index contributed by atoms with van der Waals surface area (Å²) >= 11 is 0. The number of para-hydroxylation sites is 1. The summed E-state index contributed by atoms with van der Waals surface area (Å²) in [5, 5.41) is 12.6. The van der Waals surface area contributed by atoms with Crippen LogP contribution in [0.15, 0.2) is 63.4 Å². The van der Waals surface area contributed by atoms with Gasteiger partial charge in [-0.25, -0.2) is 0 Å². The predicted molar refractivity (Wildman–Crippen MR) is 114 cm³/mol. The minimum Gasteiger partial charge on any atom is -0.485 e. The largest absolute Gasteiger partial charge is 0.485 e. The van der Waals surface area contributed by atoms with Crippen LogP contribution in [0, 0.1) is 18.3 Å². The Labute approximate surface area is 184 Å². The molecule has 2 aromatic heterocycles. The van der Waals surface area contributed by atoms with Crippen LogP contribution < -0.4 is 19.5 Å². The molecule has 1 aliphatic rings. The number of aromatic nitrogens is 1. The van der Waals surface area contributed by atoms with Crippen molar-refractivity contribution in [3.63, 3.8) is 0 Å². The molecule has 0 atom stereocenters. The monoisotopic (exact) mass is 429 g/mol. The zero-order chi connectivity index (χ0) is 21.9. The summed E-state index contributed by atoms with van der Waals surface area (Å²) in [4.78, 5) is 4.25. The van der Waals surface area contributed by atoms with Crippen LogP contribution in [0.3, 0.4) is 0 Å². The molecule has 0 saturated carbocycles.